The fourth-order valence-electron chi connectivity index (χ4n) is 1.52. The zero-order valence-electron chi connectivity index (χ0n) is 11.6. The Morgan fingerprint density at radius 3 is 2.55 bits per heavy atom. The topological polar surface area (TPSA) is 64.6 Å². The van der Waals surface area contributed by atoms with Gasteiger partial charge in [-0.05, 0) is 32.0 Å². The molecular weight excluding hydrogens is 282 g/mol. The van der Waals surface area contributed by atoms with E-state index in [0.717, 1.165) is 0 Å². The lowest BCUT2D eigenvalue weighted by molar-refractivity contribution is -0.144. The van der Waals surface area contributed by atoms with Gasteiger partial charge in [0.25, 0.3) is 0 Å². The molecule has 0 fully saturated rings. The molecule has 0 aliphatic heterocycles. The third kappa shape index (κ3) is 5.48. The fourth-order valence-corrected chi connectivity index (χ4v) is 1.76. The van der Waals surface area contributed by atoms with Crippen LogP contribution in [0.25, 0.3) is 0 Å². The van der Waals surface area contributed by atoms with Crippen LogP contribution in [0.5, 0.6) is 5.75 Å². The predicted octanol–water partition coefficient (Wildman–Crippen LogP) is 3.02. The Morgan fingerprint density at radius 1 is 1.20 bits per heavy atom. The molecule has 0 saturated heterocycles. The molecule has 110 valence electrons. The maximum absolute atomic E-state index is 11.6. The van der Waals surface area contributed by atoms with Crippen LogP contribution in [0.2, 0.25) is 5.02 Å². The maximum atomic E-state index is 11.6. The van der Waals surface area contributed by atoms with Gasteiger partial charge >= 0.3 is 5.97 Å². The number of ether oxygens (including phenoxy) is 2. The number of hydrogen-bond donors (Lipinski definition) is 1. The Labute approximate surface area is 123 Å². The van der Waals surface area contributed by atoms with Crippen molar-refractivity contribution in [2.75, 3.05) is 18.5 Å². The lowest BCUT2D eigenvalue weighted by Crippen LogP contribution is -2.14. The first kappa shape index (κ1) is 16.3. The van der Waals surface area contributed by atoms with Gasteiger partial charge in [0.15, 0.2) is 0 Å². The van der Waals surface area contributed by atoms with E-state index in [1.54, 1.807) is 25.1 Å². The molecule has 0 spiro atoms. The average Bonchev–Trinajstić information content (AvgIpc) is 2.40. The highest BCUT2D eigenvalue weighted by atomic mass is 35.5. The highest BCUT2D eigenvalue weighted by Gasteiger charge is 2.09. The number of anilines is 1. The van der Waals surface area contributed by atoms with Gasteiger partial charge in [-0.25, -0.2) is 0 Å². The van der Waals surface area contributed by atoms with Gasteiger partial charge in [-0.15, -0.1) is 0 Å². The number of carbonyl (C=O) groups excluding carboxylic acids is 2. The SMILES string of the molecule is CCOC(=O)CCC(=O)Nc1ccc(OCC)c(Cl)c1. The number of carbonyl (C=O) groups is 2. The smallest absolute Gasteiger partial charge is 0.306 e. The molecule has 0 aliphatic rings. The minimum atomic E-state index is -0.382. The van der Waals surface area contributed by atoms with E-state index in [1.807, 2.05) is 6.92 Å². The number of rotatable bonds is 7. The molecule has 0 atom stereocenters. The van der Waals surface area contributed by atoms with Crippen LogP contribution in [0.4, 0.5) is 5.69 Å². The fraction of sp³-hybridized carbons (Fsp3) is 0.429. The molecule has 1 N–H and O–H groups in total. The molecule has 1 aromatic carbocycles. The van der Waals surface area contributed by atoms with Crippen molar-refractivity contribution in [2.45, 2.75) is 26.7 Å². The van der Waals surface area contributed by atoms with E-state index in [9.17, 15) is 9.59 Å². The molecule has 0 radical (unpaired) electrons. The normalized spacial score (nSPS) is 9.95. The van der Waals surface area contributed by atoms with Gasteiger partial charge in [0.1, 0.15) is 5.75 Å². The van der Waals surface area contributed by atoms with Crippen LogP contribution in [-0.2, 0) is 14.3 Å². The summed E-state index contributed by atoms with van der Waals surface area (Å²) in [6.45, 7) is 4.42. The first-order valence-corrected chi connectivity index (χ1v) is 6.82. The molecule has 0 heterocycles. The zero-order valence-corrected chi connectivity index (χ0v) is 12.3. The molecule has 0 saturated carbocycles. The number of amides is 1. The highest BCUT2D eigenvalue weighted by Crippen LogP contribution is 2.27. The summed E-state index contributed by atoms with van der Waals surface area (Å²) < 4.78 is 10.0. The molecule has 6 heteroatoms. The lowest BCUT2D eigenvalue weighted by Gasteiger charge is -2.09. The van der Waals surface area contributed by atoms with E-state index in [0.29, 0.717) is 29.7 Å². The van der Waals surface area contributed by atoms with Gasteiger partial charge in [0, 0.05) is 12.1 Å². The molecule has 0 aliphatic carbocycles. The summed E-state index contributed by atoms with van der Waals surface area (Å²) in [6, 6.07) is 4.99. The second-order valence-corrected chi connectivity index (χ2v) is 4.34. The molecule has 0 aromatic heterocycles. The van der Waals surface area contributed by atoms with Crippen LogP contribution in [0, 0.1) is 0 Å². The maximum Gasteiger partial charge on any atom is 0.306 e. The predicted molar refractivity (Wildman–Crippen MR) is 77.1 cm³/mol. The summed E-state index contributed by atoms with van der Waals surface area (Å²) in [5.74, 6) is -0.0793. The molecule has 0 bridgehead atoms. The number of nitrogens with one attached hydrogen (secondary N) is 1. The zero-order chi connectivity index (χ0) is 15.0. The van der Waals surface area contributed by atoms with Crippen molar-refractivity contribution in [2.24, 2.45) is 0 Å². The van der Waals surface area contributed by atoms with E-state index in [1.165, 1.54) is 0 Å². The minimum Gasteiger partial charge on any atom is -0.492 e. The van der Waals surface area contributed by atoms with Crippen LogP contribution in [0.3, 0.4) is 0 Å². The third-order valence-electron chi connectivity index (χ3n) is 2.38. The van der Waals surface area contributed by atoms with E-state index in [2.05, 4.69) is 5.32 Å². The second kappa shape index (κ2) is 8.43. The Bertz CT molecular complexity index is 476. The van der Waals surface area contributed by atoms with Gasteiger partial charge in [0.2, 0.25) is 5.91 Å². The molecule has 0 unspecified atom stereocenters. The van der Waals surface area contributed by atoms with Crippen molar-refractivity contribution in [3.05, 3.63) is 23.2 Å². The van der Waals surface area contributed by atoms with Crippen LogP contribution in [-0.4, -0.2) is 25.1 Å². The van der Waals surface area contributed by atoms with Crippen molar-refractivity contribution in [3.63, 3.8) is 0 Å². The first-order chi connectivity index (χ1) is 9.56. The number of benzene rings is 1. The van der Waals surface area contributed by atoms with Gasteiger partial charge in [-0.2, -0.15) is 0 Å². The van der Waals surface area contributed by atoms with Gasteiger partial charge in [0.05, 0.1) is 24.7 Å². The number of halogens is 1. The molecule has 1 rings (SSSR count). The minimum absolute atomic E-state index is 0.0600. The van der Waals surface area contributed by atoms with Crippen LogP contribution >= 0.6 is 11.6 Å². The summed E-state index contributed by atoms with van der Waals surface area (Å²) in [7, 11) is 0. The Hall–Kier alpha value is -1.75. The van der Waals surface area contributed by atoms with Crippen molar-refractivity contribution in [1.82, 2.24) is 0 Å². The van der Waals surface area contributed by atoms with Gasteiger partial charge < -0.3 is 14.8 Å². The van der Waals surface area contributed by atoms with Crippen LogP contribution in [0.1, 0.15) is 26.7 Å². The van der Waals surface area contributed by atoms with E-state index < -0.39 is 0 Å². The molecule has 1 aromatic rings. The Balaban J connectivity index is 2.49. The summed E-state index contributed by atoms with van der Waals surface area (Å²) in [5, 5.41) is 3.09. The number of hydrogen-bond acceptors (Lipinski definition) is 4. The summed E-state index contributed by atoms with van der Waals surface area (Å²) in [6.07, 6.45) is 0.133. The molecule has 20 heavy (non-hydrogen) atoms. The largest absolute Gasteiger partial charge is 0.492 e. The van der Waals surface area contributed by atoms with Crippen molar-refractivity contribution in [1.29, 1.82) is 0 Å². The van der Waals surface area contributed by atoms with Crippen LogP contribution in [0.15, 0.2) is 18.2 Å². The van der Waals surface area contributed by atoms with Crippen molar-refractivity contribution < 1.29 is 19.1 Å². The molecular formula is C14H18ClNO4. The van der Waals surface area contributed by atoms with Crippen molar-refractivity contribution in [3.8, 4) is 5.75 Å². The number of esters is 1. The Morgan fingerprint density at radius 2 is 1.95 bits per heavy atom. The third-order valence-corrected chi connectivity index (χ3v) is 2.67. The summed E-state index contributed by atoms with van der Waals surface area (Å²) in [4.78, 5) is 22.8. The van der Waals surface area contributed by atoms with E-state index >= 15 is 0 Å². The Kier molecular flexibility index (Phi) is 6.87. The first-order valence-electron chi connectivity index (χ1n) is 6.44. The van der Waals surface area contributed by atoms with E-state index in [4.69, 9.17) is 21.1 Å². The molecule has 5 nitrogen and oxygen atoms in total. The average molecular weight is 300 g/mol. The highest BCUT2D eigenvalue weighted by molar-refractivity contribution is 6.32. The van der Waals surface area contributed by atoms with Crippen molar-refractivity contribution >= 4 is 29.2 Å². The van der Waals surface area contributed by atoms with Gasteiger partial charge in [-0.3, -0.25) is 9.59 Å². The summed E-state index contributed by atoms with van der Waals surface area (Å²) >= 11 is 6.01. The summed E-state index contributed by atoms with van der Waals surface area (Å²) in [5.41, 5.74) is 0.562. The van der Waals surface area contributed by atoms with E-state index in [-0.39, 0.29) is 24.7 Å². The standard InChI is InChI=1S/C14H18ClNO4/c1-3-19-12-6-5-10(9-11(12)15)16-13(17)7-8-14(18)20-4-2/h5-6,9H,3-4,7-8H2,1-2H3,(H,16,17). The second-order valence-electron chi connectivity index (χ2n) is 3.93. The lowest BCUT2D eigenvalue weighted by atomic mass is 10.2. The monoisotopic (exact) mass is 299 g/mol. The van der Waals surface area contributed by atoms with Crippen LogP contribution < -0.4 is 10.1 Å². The quantitative estimate of drug-likeness (QED) is 0.786. The molecule has 1 amide bonds. The van der Waals surface area contributed by atoms with Gasteiger partial charge in [-0.1, -0.05) is 11.6 Å².